The van der Waals surface area contributed by atoms with Gasteiger partial charge in [-0.25, -0.2) is 9.78 Å². The van der Waals surface area contributed by atoms with Gasteiger partial charge < -0.3 is 20.6 Å². The van der Waals surface area contributed by atoms with Crippen molar-refractivity contribution in [3.63, 3.8) is 0 Å². The Labute approximate surface area is 152 Å². The van der Waals surface area contributed by atoms with E-state index in [0.29, 0.717) is 13.0 Å². The van der Waals surface area contributed by atoms with Gasteiger partial charge in [0.25, 0.3) is 0 Å². The van der Waals surface area contributed by atoms with Crippen LogP contribution in [0.15, 0.2) is 35.2 Å². The summed E-state index contributed by atoms with van der Waals surface area (Å²) in [5.74, 6) is 0.0166. The van der Waals surface area contributed by atoms with Gasteiger partial charge in [0.05, 0.1) is 0 Å². The van der Waals surface area contributed by atoms with Crippen molar-refractivity contribution >= 4 is 17.4 Å². The lowest BCUT2D eigenvalue weighted by molar-refractivity contribution is 0.229. The molecule has 0 spiro atoms. The smallest absolute Gasteiger partial charge is 0.315 e. The summed E-state index contributed by atoms with van der Waals surface area (Å²) < 4.78 is 0. The molecule has 2 amide bonds. The third-order valence-corrected chi connectivity index (χ3v) is 4.74. The fourth-order valence-corrected chi connectivity index (χ4v) is 3.28. The van der Waals surface area contributed by atoms with E-state index in [2.05, 4.69) is 32.0 Å². The third-order valence-electron chi connectivity index (χ3n) is 4.01. The van der Waals surface area contributed by atoms with Crippen LogP contribution in [-0.4, -0.2) is 53.7 Å². The minimum Gasteiger partial charge on any atom is -0.493 e. The molecule has 0 unspecified atom stereocenters. The van der Waals surface area contributed by atoms with Crippen LogP contribution in [0.4, 0.5) is 4.79 Å². The highest BCUT2D eigenvalue weighted by molar-refractivity contribution is 7.07. The Morgan fingerprint density at radius 3 is 2.76 bits per heavy atom. The summed E-state index contributed by atoms with van der Waals surface area (Å²) in [7, 11) is 3.95. The number of aromatic hydroxyl groups is 1. The summed E-state index contributed by atoms with van der Waals surface area (Å²) in [5, 5.41) is 19.5. The van der Waals surface area contributed by atoms with E-state index in [1.54, 1.807) is 23.6 Å². The molecule has 0 aliphatic carbocycles. The summed E-state index contributed by atoms with van der Waals surface area (Å²) in [5.41, 5.74) is 2.22. The maximum atomic E-state index is 12.1. The molecule has 0 fully saturated rings. The quantitative estimate of drug-likeness (QED) is 0.673. The second kappa shape index (κ2) is 9.39. The van der Waals surface area contributed by atoms with E-state index in [1.165, 1.54) is 5.56 Å². The van der Waals surface area contributed by atoms with E-state index in [0.717, 1.165) is 12.0 Å². The number of aromatic nitrogens is 1. The lowest BCUT2D eigenvalue weighted by Gasteiger charge is -2.25. The predicted molar refractivity (Wildman–Crippen MR) is 101 cm³/mol. The lowest BCUT2D eigenvalue weighted by atomic mass is 10.1. The molecular formula is C18H26N4O2S. The molecule has 0 aliphatic rings. The summed E-state index contributed by atoms with van der Waals surface area (Å²) in [6.45, 7) is 2.52. The van der Waals surface area contributed by atoms with Gasteiger partial charge in [0.15, 0.2) is 0 Å². The Morgan fingerprint density at radius 2 is 2.12 bits per heavy atom. The maximum Gasteiger partial charge on any atom is 0.315 e. The Bertz CT molecular complexity index is 661. The zero-order valence-electron chi connectivity index (χ0n) is 14.9. The fourth-order valence-electron chi connectivity index (χ4n) is 2.60. The molecule has 3 N–H and O–H groups in total. The normalized spacial score (nSPS) is 13.4. The minimum absolute atomic E-state index is 0.0166. The molecule has 0 aromatic carbocycles. The van der Waals surface area contributed by atoms with Gasteiger partial charge in [0, 0.05) is 30.9 Å². The van der Waals surface area contributed by atoms with E-state index in [-0.39, 0.29) is 24.0 Å². The topological polar surface area (TPSA) is 77.5 Å². The molecule has 0 radical (unpaired) electrons. The van der Waals surface area contributed by atoms with Crippen LogP contribution in [0.2, 0.25) is 0 Å². The van der Waals surface area contributed by atoms with Crippen molar-refractivity contribution in [1.82, 2.24) is 20.5 Å². The molecule has 7 heteroatoms. The number of likely N-dealkylation sites (N-methyl/N-ethyl adjacent to an activating group) is 1. The van der Waals surface area contributed by atoms with E-state index >= 15 is 0 Å². The zero-order valence-corrected chi connectivity index (χ0v) is 15.7. The van der Waals surface area contributed by atoms with Crippen molar-refractivity contribution in [2.45, 2.75) is 31.8 Å². The molecule has 0 saturated carbocycles. The molecule has 25 heavy (non-hydrogen) atoms. The molecule has 2 aromatic rings. The minimum atomic E-state index is -0.160. The molecule has 2 rings (SSSR count). The van der Waals surface area contributed by atoms with Crippen LogP contribution in [0.25, 0.3) is 0 Å². The first-order valence-electron chi connectivity index (χ1n) is 8.30. The van der Waals surface area contributed by atoms with E-state index in [1.807, 2.05) is 32.5 Å². The molecule has 2 aromatic heterocycles. The number of urea groups is 1. The van der Waals surface area contributed by atoms with E-state index < -0.39 is 0 Å². The van der Waals surface area contributed by atoms with Crippen molar-refractivity contribution in [2.24, 2.45) is 0 Å². The highest BCUT2D eigenvalue weighted by Crippen LogP contribution is 2.11. The van der Waals surface area contributed by atoms with Gasteiger partial charge in [-0.3, -0.25) is 0 Å². The van der Waals surface area contributed by atoms with Crippen molar-refractivity contribution in [1.29, 1.82) is 0 Å². The van der Waals surface area contributed by atoms with Crippen LogP contribution in [-0.2, 0) is 12.8 Å². The Hall–Kier alpha value is -2.12. The Morgan fingerprint density at radius 1 is 1.32 bits per heavy atom. The number of hydrogen-bond donors (Lipinski definition) is 3. The van der Waals surface area contributed by atoms with Gasteiger partial charge in [0.1, 0.15) is 0 Å². The van der Waals surface area contributed by atoms with Crippen molar-refractivity contribution in [3.8, 4) is 5.88 Å². The largest absolute Gasteiger partial charge is 0.493 e. The SMILES string of the molecule is C[C@@H](Cc1ccsc1)NC(=O)NC[C@H](Cc1ccnc(O)c1)N(C)C. The lowest BCUT2D eigenvalue weighted by Crippen LogP contribution is -2.47. The van der Waals surface area contributed by atoms with Gasteiger partial charge in [-0.05, 0) is 67.9 Å². The molecule has 2 atom stereocenters. The number of nitrogens with one attached hydrogen (secondary N) is 2. The van der Waals surface area contributed by atoms with Crippen LogP contribution in [0, 0.1) is 0 Å². The van der Waals surface area contributed by atoms with Gasteiger partial charge in [-0.2, -0.15) is 11.3 Å². The second-order valence-electron chi connectivity index (χ2n) is 6.43. The first-order valence-corrected chi connectivity index (χ1v) is 9.24. The van der Waals surface area contributed by atoms with Crippen LogP contribution in [0.5, 0.6) is 5.88 Å². The summed E-state index contributed by atoms with van der Waals surface area (Å²) in [4.78, 5) is 18.0. The number of hydrogen-bond acceptors (Lipinski definition) is 5. The Balaban J connectivity index is 1.80. The second-order valence-corrected chi connectivity index (χ2v) is 7.22. The van der Waals surface area contributed by atoms with Gasteiger partial charge in [0.2, 0.25) is 5.88 Å². The van der Waals surface area contributed by atoms with Crippen LogP contribution >= 0.6 is 11.3 Å². The van der Waals surface area contributed by atoms with E-state index in [4.69, 9.17) is 0 Å². The van der Waals surface area contributed by atoms with Crippen LogP contribution in [0.3, 0.4) is 0 Å². The number of carbonyl (C=O) groups excluding carboxylic acids is 1. The first kappa shape index (κ1) is 19.2. The summed E-state index contributed by atoms with van der Waals surface area (Å²) >= 11 is 1.66. The monoisotopic (exact) mass is 362 g/mol. The molecule has 2 heterocycles. The fraction of sp³-hybridized carbons (Fsp3) is 0.444. The van der Waals surface area contributed by atoms with Gasteiger partial charge >= 0.3 is 6.03 Å². The van der Waals surface area contributed by atoms with Crippen molar-refractivity contribution < 1.29 is 9.90 Å². The number of pyridine rings is 1. The van der Waals surface area contributed by atoms with Crippen LogP contribution < -0.4 is 10.6 Å². The third kappa shape index (κ3) is 6.72. The highest BCUT2D eigenvalue weighted by Gasteiger charge is 2.15. The maximum absolute atomic E-state index is 12.1. The average Bonchev–Trinajstić information content (AvgIpc) is 3.03. The van der Waals surface area contributed by atoms with Gasteiger partial charge in [-0.1, -0.05) is 0 Å². The zero-order chi connectivity index (χ0) is 18.2. The molecule has 0 bridgehead atoms. The highest BCUT2D eigenvalue weighted by atomic mass is 32.1. The number of nitrogens with zero attached hydrogens (tertiary/aromatic N) is 2. The standard InChI is InChI=1S/C18H26N4O2S/c1-13(8-15-5-7-25-12-15)21-18(24)20-11-16(22(2)3)9-14-4-6-19-17(23)10-14/h4-7,10,12-13,16H,8-9,11H2,1-3H3,(H,19,23)(H2,20,21,24)/t13-,16-/m0/s1. The molecular weight excluding hydrogens is 336 g/mol. The Kier molecular flexibility index (Phi) is 7.21. The average molecular weight is 362 g/mol. The number of rotatable bonds is 8. The predicted octanol–water partition coefficient (Wildman–Crippen LogP) is 2.25. The first-order chi connectivity index (χ1) is 11.9. The van der Waals surface area contributed by atoms with Crippen molar-refractivity contribution in [2.75, 3.05) is 20.6 Å². The molecule has 0 saturated heterocycles. The van der Waals surface area contributed by atoms with Crippen molar-refractivity contribution in [3.05, 3.63) is 46.3 Å². The van der Waals surface area contributed by atoms with E-state index in [9.17, 15) is 9.90 Å². The summed E-state index contributed by atoms with van der Waals surface area (Å²) in [6.07, 6.45) is 3.13. The number of carbonyl (C=O) groups is 1. The molecule has 136 valence electrons. The molecule has 6 nitrogen and oxygen atoms in total. The van der Waals surface area contributed by atoms with Crippen LogP contribution in [0.1, 0.15) is 18.1 Å². The number of amides is 2. The molecule has 0 aliphatic heterocycles. The number of thiophene rings is 1. The summed E-state index contributed by atoms with van der Waals surface area (Å²) in [6, 6.07) is 5.64. The van der Waals surface area contributed by atoms with Gasteiger partial charge in [-0.15, -0.1) is 0 Å².